The highest BCUT2D eigenvalue weighted by atomic mass is 32.3. The number of hydrogen-bond acceptors (Lipinski definition) is 4. The monoisotopic (exact) mass is 318 g/mol. The molecule has 0 atom stereocenters. The summed E-state index contributed by atoms with van der Waals surface area (Å²) in [6.07, 6.45) is -0.201. The van der Waals surface area contributed by atoms with Crippen molar-refractivity contribution in [2.45, 2.75) is 11.0 Å². The molecule has 0 heterocycles. The van der Waals surface area contributed by atoms with Crippen LogP contribution in [0, 0.1) is 0 Å². The van der Waals surface area contributed by atoms with E-state index >= 15 is 0 Å². The molecule has 0 unspecified atom stereocenters. The molecule has 0 aromatic carbocycles. The molecule has 0 rings (SSSR count). The van der Waals surface area contributed by atoms with Gasteiger partial charge in [-0.25, -0.2) is 16.8 Å². The highest BCUT2D eigenvalue weighted by molar-refractivity contribution is 8.15. The fourth-order valence-corrected chi connectivity index (χ4v) is 3.38. The minimum absolute atomic E-state index is 0.182. The van der Waals surface area contributed by atoms with Crippen molar-refractivity contribution in [2.24, 2.45) is 0 Å². The topological polar surface area (TPSA) is 68.3 Å². The highest BCUT2D eigenvalue weighted by Crippen LogP contribution is 2.38. The molecule has 0 aliphatic carbocycles. The van der Waals surface area contributed by atoms with Gasteiger partial charge in [0.1, 0.15) is 0 Å². The van der Waals surface area contributed by atoms with E-state index in [1.165, 1.54) is 0 Å². The minimum atomic E-state index is -6.66. The first-order valence-electron chi connectivity index (χ1n) is 3.65. The fraction of sp³-hybridized carbons (Fsp3) is 0.333. The Balaban J connectivity index is 6.33. The molecule has 0 aromatic rings. The molecule has 0 fully saturated rings. The molecule has 4 nitrogen and oxygen atoms in total. The van der Waals surface area contributed by atoms with Crippen molar-refractivity contribution in [2.75, 3.05) is 0 Å². The molecular weight excluding hydrogens is 314 g/mol. The van der Waals surface area contributed by atoms with E-state index in [4.69, 9.17) is 0 Å². The lowest BCUT2D eigenvalue weighted by Gasteiger charge is -2.13. The summed E-state index contributed by atoms with van der Waals surface area (Å²) in [6.45, 7) is 2.65. The van der Waals surface area contributed by atoms with Gasteiger partial charge in [-0.05, 0) is 6.08 Å². The zero-order valence-corrected chi connectivity index (χ0v) is 9.71. The van der Waals surface area contributed by atoms with Crippen molar-refractivity contribution in [1.82, 2.24) is 0 Å². The Morgan fingerprint density at radius 2 is 1.11 bits per heavy atom. The molecule has 0 aromatic heterocycles. The van der Waals surface area contributed by atoms with Gasteiger partial charge >= 0.3 is 11.0 Å². The Hall–Kier alpha value is -1.04. The van der Waals surface area contributed by atoms with Crippen molar-refractivity contribution in [3.05, 3.63) is 23.0 Å². The molecule has 12 heteroatoms. The summed E-state index contributed by atoms with van der Waals surface area (Å²) in [4.78, 5) is 0. The summed E-state index contributed by atoms with van der Waals surface area (Å²) in [5, 5.41) is 0. The second kappa shape index (κ2) is 4.57. The molecule has 0 aliphatic rings. The van der Waals surface area contributed by atoms with E-state index in [1.54, 1.807) is 0 Å². The van der Waals surface area contributed by atoms with E-state index in [0.29, 0.717) is 0 Å². The van der Waals surface area contributed by atoms with E-state index < -0.39 is 34.9 Å². The van der Waals surface area contributed by atoms with Crippen molar-refractivity contribution in [3.8, 4) is 0 Å². The van der Waals surface area contributed by atoms with Gasteiger partial charge in [0.05, 0.1) is 0 Å². The number of alkyl halides is 6. The van der Waals surface area contributed by atoms with Gasteiger partial charge in [0, 0.05) is 0 Å². The van der Waals surface area contributed by atoms with E-state index in [-0.39, 0.29) is 12.2 Å². The fourth-order valence-electron chi connectivity index (χ4n) is 0.648. The van der Waals surface area contributed by atoms with Gasteiger partial charge in [-0.15, -0.1) is 0 Å². The maximum Gasteiger partial charge on any atom is 0.502 e. The average molecular weight is 318 g/mol. The minimum Gasteiger partial charge on any atom is -0.214 e. The van der Waals surface area contributed by atoms with Crippen LogP contribution in [0.5, 0.6) is 0 Å². The van der Waals surface area contributed by atoms with Crippen molar-refractivity contribution < 1.29 is 43.2 Å². The number of rotatable bonds is 3. The van der Waals surface area contributed by atoms with Crippen LogP contribution in [0.4, 0.5) is 26.3 Å². The van der Waals surface area contributed by atoms with Crippen molar-refractivity contribution in [3.63, 3.8) is 0 Å². The summed E-state index contributed by atoms with van der Waals surface area (Å²) in [5.41, 5.74) is -12.4. The second-order valence-corrected chi connectivity index (χ2v) is 6.70. The predicted octanol–water partition coefficient (Wildman–Crippen LogP) is 1.88. The van der Waals surface area contributed by atoms with E-state index in [1.807, 2.05) is 0 Å². The molecule has 0 aliphatic heterocycles. The molecule has 106 valence electrons. The molecule has 0 amide bonds. The quantitative estimate of drug-likeness (QED) is 0.588. The van der Waals surface area contributed by atoms with Crippen LogP contribution < -0.4 is 0 Å². The third-order valence-corrected chi connectivity index (χ3v) is 5.26. The molecule has 0 saturated carbocycles. The summed E-state index contributed by atoms with van der Waals surface area (Å²) >= 11 is 0. The molecule has 0 N–H and O–H groups in total. The molecule has 18 heavy (non-hydrogen) atoms. The normalized spacial score (nSPS) is 14.1. The first-order valence-corrected chi connectivity index (χ1v) is 6.61. The summed E-state index contributed by atoms with van der Waals surface area (Å²) < 4.78 is 112. The molecule has 0 radical (unpaired) electrons. The largest absolute Gasteiger partial charge is 0.502 e. The van der Waals surface area contributed by atoms with Crippen LogP contribution >= 0.6 is 0 Å². The maximum atomic E-state index is 12.0. The van der Waals surface area contributed by atoms with Crippen LogP contribution in [0.25, 0.3) is 0 Å². The first kappa shape index (κ1) is 17.0. The standard InChI is InChI=1S/C6H4F6O4S2/c1-2-3-4(17(13,14)5(7,8)9)18(15,16)6(10,11)12/h2-3H,1H2. The van der Waals surface area contributed by atoms with E-state index in [0.717, 1.165) is 0 Å². The molecule has 0 saturated heterocycles. The zero-order valence-electron chi connectivity index (χ0n) is 8.08. The molecular formula is C6H4F6O4S2. The lowest BCUT2D eigenvalue weighted by molar-refractivity contribution is -0.0444. The van der Waals surface area contributed by atoms with Crippen LogP contribution in [0.3, 0.4) is 0 Å². The lowest BCUT2D eigenvalue weighted by Crippen LogP contribution is -2.34. The zero-order chi connectivity index (χ0) is 15.0. The summed E-state index contributed by atoms with van der Waals surface area (Å²) in [7, 11) is -13.3. The molecule has 0 bridgehead atoms. The molecule has 0 spiro atoms. The van der Waals surface area contributed by atoms with Gasteiger partial charge in [0.15, 0.2) is 4.24 Å². The second-order valence-electron chi connectivity index (χ2n) is 2.62. The Morgan fingerprint density at radius 1 is 0.833 bits per heavy atom. The summed E-state index contributed by atoms with van der Waals surface area (Å²) in [5.74, 6) is 0. The van der Waals surface area contributed by atoms with Crippen LogP contribution in [0.15, 0.2) is 23.0 Å². The van der Waals surface area contributed by atoms with Gasteiger partial charge in [-0.2, -0.15) is 26.3 Å². The van der Waals surface area contributed by atoms with Gasteiger partial charge in [-0.3, -0.25) is 0 Å². The van der Waals surface area contributed by atoms with Gasteiger partial charge in [-0.1, -0.05) is 12.7 Å². The van der Waals surface area contributed by atoms with Crippen LogP contribution in [-0.2, 0) is 19.7 Å². The van der Waals surface area contributed by atoms with Gasteiger partial charge in [0.25, 0.3) is 19.7 Å². The predicted molar refractivity (Wildman–Crippen MR) is 48.2 cm³/mol. The third kappa shape index (κ3) is 2.85. The van der Waals surface area contributed by atoms with E-state index in [2.05, 4.69) is 6.58 Å². The Morgan fingerprint density at radius 3 is 1.28 bits per heavy atom. The Bertz CT molecular complexity index is 516. The third-order valence-electron chi connectivity index (χ3n) is 1.39. The van der Waals surface area contributed by atoms with Crippen molar-refractivity contribution >= 4 is 19.7 Å². The lowest BCUT2D eigenvalue weighted by atomic mass is 10.6. The number of allylic oxidation sites excluding steroid dienone is 2. The summed E-state index contributed by atoms with van der Waals surface area (Å²) in [6, 6.07) is 0. The maximum absolute atomic E-state index is 12.0. The number of hydrogen-bond donors (Lipinski definition) is 0. The van der Waals surface area contributed by atoms with E-state index in [9.17, 15) is 43.2 Å². The van der Waals surface area contributed by atoms with Gasteiger partial charge in [0.2, 0.25) is 0 Å². The number of sulfone groups is 2. The Labute approximate surface area is 97.4 Å². The van der Waals surface area contributed by atoms with Gasteiger partial charge < -0.3 is 0 Å². The SMILES string of the molecule is C=CC=C(S(=O)(=O)C(F)(F)F)S(=O)(=O)C(F)(F)F. The Kier molecular flexibility index (Phi) is 4.31. The van der Waals surface area contributed by atoms with Crippen LogP contribution in [-0.4, -0.2) is 27.9 Å². The highest BCUT2D eigenvalue weighted by Gasteiger charge is 2.59. The van der Waals surface area contributed by atoms with Crippen LogP contribution in [0.1, 0.15) is 0 Å². The van der Waals surface area contributed by atoms with Crippen LogP contribution in [0.2, 0.25) is 0 Å². The first-order chi connectivity index (χ1) is 7.69. The van der Waals surface area contributed by atoms with Crippen molar-refractivity contribution in [1.29, 1.82) is 0 Å². The number of halogens is 6. The average Bonchev–Trinajstić information content (AvgIpc) is 2.09. The smallest absolute Gasteiger partial charge is 0.214 e.